The lowest BCUT2D eigenvalue weighted by molar-refractivity contribution is -0.385. The minimum absolute atomic E-state index is 0. The van der Waals surface area contributed by atoms with Crippen molar-refractivity contribution in [1.82, 2.24) is 0 Å². The average Bonchev–Trinajstić information content (AvgIpc) is 0.774. The molecular formula is C88H85NO12S2. The molecule has 526 valence electrons. The summed E-state index contributed by atoms with van der Waals surface area (Å²) in [7, 11) is 0. The van der Waals surface area contributed by atoms with E-state index in [4.69, 9.17) is 15.9 Å². The molecule has 5 N–H and O–H groups in total. The number of phenols is 4. The molecule has 1 saturated carbocycles. The molecule has 0 radical (unpaired) electrons. The number of aliphatic hydroxyl groups excluding tert-OH is 1. The summed E-state index contributed by atoms with van der Waals surface area (Å²) in [6.45, 7) is 15.3. The van der Waals surface area contributed by atoms with Gasteiger partial charge < -0.3 is 35.0 Å². The van der Waals surface area contributed by atoms with E-state index in [-0.39, 0.29) is 52.7 Å². The molecule has 0 aliphatic heterocycles. The van der Waals surface area contributed by atoms with Gasteiger partial charge >= 0.3 is 17.6 Å². The second-order valence-electron chi connectivity index (χ2n) is 26.2. The quantitative estimate of drug-likeness (QED) is 0.0130. The number of ether oxygens (including phenoxy) is 2. The lowest BCUT2D eigenvalue weighted by Crippen LogP contribution is -2.40. The van der Waals surface area contributed by atoms with E-state index in [1.165, 1.54) is 41.1 Å². The minimum atomic E-state index is -0.675. The SMILES string of the molecule is C#C[C@H](O)[C@@]1(C)CCC2c3ccc(O)cc3CCC2C1.Cc1cc(/C=C/c2cccc(C(=O)Oc3ccccc3[N+](=O)[O-])c2)cc(C)c1O.Cc1cc(/C=C/c2cccc(C(=O)Sc3ccccc3)c2)cc(C)c1O.Cc1ccc(OC(=O)c2cccc(/C=C/c3cc(C)c(O)c(C)c3)c2)cc1.S. The highest BCUT2D eigenvalue weighted by Crippen LogP contribution is 2.53. The molecule has 1 fully saturated rings. The van der Waals surface area contributed by atoms with Gasteiger partial charge in [0.2, 0.25) is 10.9 Å². The van der Waals surface area contributed by atoms with Crippen molar-refractivity contribution in [3.63, 3.8) is 0 Å². The number of carbonyl (C=O) groups excluding carboxylic acids is 3. The smallest absolute Gasteiger partial charge is 0.343 e. The number of carbonyl (C=O) groups is 3. The molecule has 103 heavy (non-hydrogen) atoms. The van der Waals surface area contributed by atoms with Gasteiger partial charge in [-0.3, -0.25) is 14.9 Å². The highest BCUT2D eigenvalue weighted by Gasteiger charge is 2.44. The second-order valence-corrected chi connectivity index (χ2v) is 27.2. The fourth-order valence-electron chi connectivity index (χ4n) is 12.7. The summed E-state index contributed by atoms with van der Waals surface area (Å²) in [5.41, 5.74) is 15.4. The van der Waals surface area contributed by atoms with Crippen LogP contribution in [-0.2, 0) is 6.42 Å². The number of nitro benzene ring substituents is 1. The molecule has 0 spiro atoms. The fraction of sp³-hybridized carbons (Fsp3) is 0.193. The summed E-state index contributed by atoms with van der Waals surface area (Å²) in [5, 5.41) is 60.4. The Hall–Kier alpha value is -11.2. The lowest BCUT2D eigenvalue weighted by atomic mass is 9.59. The van der Waals surface area contributed by atoms with Crippen LogP contribution in [0.5, 0.6) is 34.5 Å². The number of fused-ring (bicyclic) bond motifs is 3. The topological polar surface area (TPSA) is 214 Å². The molecule has 0 saturated heterocycles. The number of terminal acetylenes is 1. The maximum Gasteiger partial charge on any atom is 0.343 e. The van der Waals surface area contributed by atoms with Gasteiger partial charge in [0.1, 0.15) is 34.9 Å². The molecule has 15 heteroatoms. The summed E-state index contributed by atoms with van der Waals surface area (Å²) in [6, 6.07) is 61.7. The molecule has 13 nitrogen and oxygen atoms in total. The van der Waals surface area contributed by atoms with Crippen LogP contribution >= 0.6 is 25.3 Å². The first-order valence-electron chi connectivity index (χ1n) is 33.6. The first kappa shape index (κ1) is 77.6. The number of aryl methyl sites for hydroxylation is 8. The van der Waals surface area contributed by atoms with Gasteiger partial charge in [0.25, 0.3) is 0 Å². The number of thioether (sulfide) groups is 1. The highest BCUT2D eigenvalue weighted by atomic mass is 32.2. The number of nitrogens with zero attached hydrogens (tertiary/aromatic N) is 1. The zero-order chi connectivity index (χ0) is 73.2. The second kappa shape index (κ2) is 35.9. The molecule has 2 aliphatic rings. The Labute approximate surface area is 614 Å². The third-order valence-electron chi connectivity index (χ3n) is 18.2. The van der Waals surface area contributed by atoms with Gasteiger partial charge in [-0.1, -0.05) is 146 Å². The first-order chi connectivity index (χ1) is 48.8. The summed E-state index contributed by atoms with van der Waals surface area (Å²) in [6.07, 6.45) is 21.6. The van der Waals surface area contributed by atoms with Gasteiger partial charge in [0.15, 0.2) is 0 Å². The number of nitro groups is 1. The van der Waals surface area contributed by atoms with Gasteiger partial charge in [-0.2, -0.15) is 13.5 Å². The van der Waals surface area contributed by atoms with Crippen molar-refractivity contribution in [2.45, 2.75) is 104 Å². The van der Waals surface area contributed by atoms with Crippen molar-refractivity contribution in [2.24, 2.45) is 11.3 Å². The maximum absolute atomic E-state index is 12.5. The minimum Gasteiger partial charge on any atom is -0.508 e. The zero-order valence-electron chi connectivity index (χ0n) is 58.9. The van der Waals surface area contributed by atoms with E-state index in [9.17, 15) is 50.0 Å². The Morgan fingerprint density at radius 2 is 0.990 bits per heavy atom. The summed E-state index contributed by atoms with van der Waals surface area (Å²) < 4.78 is 10.6. The van der Waals surface area contributed by atoms with E-state index in [2.05, 4.69) is 18.9 Å². The molecule has 10 aromatic carbocycles. The van der Waals surface area contributed by atoms with Crippen LogP contribution in [0.1, 0.15) is 153 Å². The number of benzene rings is 10. The Bertz CT molecular complexity index is 4770. The zero-order valence-corrected chi connectivity index (χ0v) is 60.7. The summed E-state index contributed by atoms with van der Waals surface area (Å²) >= 11 is 1.23. The molecular weight excluding hydrogens is 1330 g/mol. The van der Waals surface area contributed by atoms with E-state index in [0.717, 1.165) is 109 Å². The molecule has 12 rings (SSSR count). The van der Waals surface area contributed by atoms with Crippen molar-refractivity contribution in [2.75, 3.05) is 0 Å². The molecule has 0 aromatic heterocycles. The number of phenolic OH excluding ortho intramolecular Hbond substituents is 4. The van der Waals surface area contributed by atoms with Crippen molar-refractivity contribution in [1.29, 1.82) is 0 Å². The molecule has 2 unspecified atom stereocenters. The van der Waals surface area contributed by atoms with Crippen LogP contribution in [0.25, 0.3) is 36.5 Å². The highest BCUT2D eigenvalue weighted by molar-refractivity contribution is 8.14. The maximum atomic E-state index is 12.5. The lowest BCUT2D eigenvalue weighted by Gasteiger charge is -2.46. The number of aliphatic hydroxyl groups is 1. The number of para-hydroxylation sites is 2. The predicted octanol–water partition coefficient (Wildman–Crippen LogP) is 20.5. The molecule has 0 heterocycles. The standard InChI is InChI=1S/C24H22O3.C23H19NO5.C23H20O2S.C18H22O2.H2S/c1-16-7-11-22(12-8-16)27-24(26)21-6-4-5-19(15-21)9-10-20-13-17(2)23(25)18(3)14-20;1-15-12-18(13-16(2)22(15)25)11-10-17-6-5-7-19(14-17)23(26)29-21-9-4-3-8-20(21)24(27)28;1-16-13-19(14-17(2)22(16)24)12-11-18-7-6-8-20(15-18)23(25)26-21-9-4-3-5-10-21;1-3-17(20)18(2)9-8-16-13(11-18)5-4-12-10-14(19)6-7-15(12)16;/h4-15,25H,1-3H3;3-14,25H,1-2H3;3-15,24H,1-2H3;1,6-7,10,13,16-17,19-20H,4-5,8-9,11H2,2H3;1H2/b10-9+;11-10+;12-11+;;/t;;;13?,16?,17-,18-;/m...0./s1. The third-order valence-corrected chi connectivity index (χ3v) is 19.1. The van der Waals surface area contributed by atoms with Gasteiger partial charge in [-0.25, -0.2) is 9.59 Å². The Kier molecular flexibility index (Phi) is 27.1. The van der Waals surface area contributed by atoms with E-state index in [1.807, 2.05) is 212 Å². The first-order valence-corrected chi connectivity index (χ1v) is 34.4. The predicted molar refractivity (Wildman–Crippen MR) is 420 cm³/mol. The van der Waals surface area contributed by atoms with Crippen LogP contribution in [0.3, 0.4) is 0 Å². The van der Waals surface area contributed by atoms with Crippen molar-refractivity contribution < 1.29 is 54.3 Å². The van der Waals surface area contributed by atoms with E-state index < -0.39 is 17.0 Å². The fourth-order valence-corrected chi connectivity index (χ4v) is 13.4. The van der Waals surface area contributed by atoms with Crippen LogP contribution < -0.4 is 9.47 Å². The molecule has 2 aliphatic carbocycles. The molecule has 10 aromatic rings. The van der Waals surface area contributed by atoms with Crippen LogP contribution in [0.15, 0.2) is 211 Å². The number of rotatable bonds is 14. The summed E-state index contributed by atoms with van der Waals surface area (Å²) in [4.78, 5) is 48.7. The largest absolute Gasteiger partial charge is 0.508 e. The molecule has 0 amide bonds. The number of esters is 2. The Morgan fingerprint density at radius 1 is 0.544 bits per heavy atom. The number of hydrogen-bond acceptors (Lipinski definition) is 13. The van der Waals surface area contributed by atoms with E-state index in [1.54, 1.807) is 54.6 Å². The molecule has 4 atom stereocenters. The van der Waals surface area contributed by atoms with Crippen LogP contribution in [0.4, 0.5) is 5.69 Å². The Balaban J connectivity index is 0.000000175. The van der Waals surface area contributed by atoms with Gasteiger partial charge in [0, 0.05) is 21.9 Å². The van der Waals surface area contributed by atoms with Crippen LogP contribution in [0, 0.1) is 82.3 Å². The van der Waals surface area contributed by atoms with Crippen LogP contribution in [-0.4, -0.2) is 53.6 Å². The van der Waals surface area contributed by atoms with Gasteiger partial charge in [-0.15, -0.1) is 6.42 Å². The van der Waals surface area contributed by atoms with Crippen molar-refractivity contribution in [3.05, 3.63) is 317 Å². The van der Waals surface area contributed by atoms with Crippen LogP contribution in [0.2, 0.25) is 0 Å². The monoisotopic (exact) mass is 1410 g/mol. The molecule has 0 bridgehead atoms. The van der Waals surface area contributed by atoms with E-state index >= 15 is 0 Å². The van der Waals surface area contributed by atoms with Crippen molar-refractivity contribution >= 4 is 84.5 Å². The van der Waals surface area contributed by atoms with Gasteiger partial charge in [0.05, 0.1) is 16.1 Å². The number of hydrogen-bond donors (Lipinski definition) is 5. The number of aromatic hydroxyl groups is 4. The van der Waals surface area contributed by atoms with Crippen molar-refractivity contribution in [3.8, 4) is 46.8 Å². The average molecular weight is 1410 g/mol. The third kappa shape index (κ3) is 21.2. The summed E-state index contributed by atoms with van der Waals surface area (Å²) in [5.74, 6) is 4.38. The van der Waals surface area contributed by atoms with E-state index in [0.29, 0.717) is 46.0 Å². The normalized spacial score (nSPS) is 15.2. The Morgan fingerprint density at radius 3 is 1.48 bits per heavy atom. The van der Waals surface area contributed by atoms with Gasteiger partial charge in [-0.05, 0) is 291 Å².